The van der Waals surface area contributed by atoms with Crippen LogP contribution in [0.25, 0.3) is 11.4 Å². The van der Waals surface area contributed by atoms with Crippen molar-refractivity contribution in [3.63, 3.8) is 0 Å². The van der Waals surface area contributed by atoms with Gasteiger partial charge in [0.2, 0.25) is 5.82 Å². The zero-order valence-electron chi connectivity index (χ0n) is 15.4. The summed E-state index contributed by atoms with van der Waals surface area (Å²) in [7, 11) is 0. The Morgan fingerprint density at radius 3 is 2.90 bits per heavy atom. The third kappa shape index (κ3) is 5.74. The molecule has 0 atom stereocenters. The quantitative estimate of drug-likeness (QED) is 0.256. The molecule has 0 bridgehead atoms. The molecular weight excluding hydrogens is 540 g/mol. The minimum Gasteiger partial charge on any atom is -0.488 e. The number of aromatic nitrogens is 4. The van der Waals surface area contributed by atoms with E-state index in [9.17, 15) is 4.79 Å². The summed E-state index contributed by atoms with van der Waals surface area (Å²) in [6, 6.07) is 10.8. The van der Waals surface area contributed by atoms with Gasteiger partial charge in [-0.1, -0.05) is 52.3 Å². The maximum Gasteiger partial charge on any atom is 0.263 e. The molecule has 0 aliphatic carbocycles. The monoisotopic (exact) mass is 552 g/mol. The largest absolute Gasteiger partial charge is 0.488 e. The summed E-state index contributed by atoms with van der Waals surface area (Å²) in [5.41, 5.74) is 3.73. The minimum atomic E-state index is -0.419. The van der Waals surface area contributed by atoms with Gasteiger partial charge in [-0.15, -0.1) is 10.2 Å². The summed E-state index contributed by atoms with van der Waals surface area (Å²) in [4.78, 5) is 13.3. The highest BCUT2D eigenvalue weighted by Crippen LogP contribution is 2.32. The number of hydrogen-bond acceptors (Lipinski definition) is 6. The summed E-state index contributed by atoms with van der Waals surface area (Å²) in [6.07, 6.45) is 3.12. The van der Waals surface area contributed by atoms with Gasteiger partial charge in [0.05, 0.1) is 15.7 Å². The maximum absolute atomic E-state index is 12.2. The Morgan fingerprint density at radius 2 is 2.13 bits per heavy atom. The van der Waals surface area contributed by atoms with Crippen LogP contribution < -0.4 is 10.2 Å². The van der Waals surface area contributed by atoms with E-state index < -0.39 is 5.91 Å². The predicted molar refractivity (Wildman–Crippen MR) is 122 cm³/mol. The molecule has 3 rings (SSSR count). The minimum absolute atomic E-state index is 0.156. The summed E-state index contributed by atoms with van der Waals surface area (Å²) < 4.78 is 7.21. The van der Waals surface area contributed by atoms with Crippen molar-refractivity contribution in [2.75, 3.05) is 6.61 Å². The molecule has 0 radical (unpaired) electrons. The fourth-order valence-electron chi connectivity index (χ4n) is 2.37. The first-order valence-corrected chi connectivity index (χ1v) is 10.5. The Hall–Kier alpha value is -2.56. The van der Waals surface area contributed by atoms with Crippen LogP contribution in [-0.4, -0.2) is 38.9 Å². The predicted octanol–water partition coefficient (Wildman–Crippen LogP) is 4.23. The van der Waals surface area contributed by atoms with Gasteiger partial charge in [0.1, 0.15) is 18.9 Å². The van der Waals surface area contributed by atoms with Crippen LogP contribution in [0.15, 0.2) is 63.1 Å². The van der Waals surface area contributed by atoms with Crippen LogP contribution in [0.1, 0.15) is 5.56 Å². The molecule has 0 aliphatic heterocycles. The van der Waals surface area contributed by atoms with Gasteiger partial charge in [-0.25, -0.2) is 5.43 Å². The first kappa shape index (κ1) is 22.1. The van der Waals surface area contributed by atoms with E-state index in [2.05, 4.69) is 64.4 Å². The molecule has 0 unspecified atom stereocenters. The highest BCUT2D eigenvalue weighted by Gasteiger charge is 2.12. The number of ether oxygens (including phenoxy) is 1. The Morgan fingerprint density at radius 1 is 1.33 bits per heavy atom. The number of carbonyl (C=O) groups excluding carboxylic acids is 1. The number of carbonyl (C=O) groups is 1. The van der Waals surface area contributed by atoms with Crippen LogP contribution >= 0.6 is 43.5 Å². The lowest BCUT2D eigenvalue weighted by molar-refractivity contribution is -0.122. The van der Waals surface area contributed by atoms with E-state index in [1.807, 2.05) is 18.2 Å². The van der Waals surface area contributed by atoms with E-state index in [-0.39, 0.29) is 6.54 Å². The highest BCUT2D eigenvalue weighted by molar-refractivity contribution is 9.11. The molecule has 3 aromatic rings. The molecule has 0 fully saturated rings. The Balaban J connectivity index is 1.65. The molecular formula is C19H15Br2ClN6O2. The zero-order chi connectivity index (χ0) is 21.5. The Bertz CT molecular complexity index is 1100. The average Bonchev–Trinajstić information content (AvgIpc) is 3.15. The van der Waals surface area contributed by atoms with Gasteiger partial charge >= 0.3 is 0 Å². The van der Waals surface area contributed by atoms with Gasteiger partial charge in [0.25, 0.3) is 5.91 Å². The van der Waals surface area contributed by atoms with Crippen LogP contribution in [0.2, 0.25) is 5.02 Å². The van der Waals surface area contributed by atoms with Crippen LogP contribution in [0.3, 0.4) is 0 Å². The van der Waals surface area contributed by atoms with Gasteiger partial charge in [-0.05, 0) is 45.4 Å². The zero-order valence-corrected chi connectivity index (χ0v) is 19.4. The number of nitrogens with zero attached hydrogens (tertiary/aromatic N) is 5. The van der Waals surface area contributed by atoms with E-state index in [1.165, 1.54) is 6.21 Å². The van der Waals surface area contributed by atoms with E-state index in [0.717, 1.165) is 13.7 Å². The normalized spacial score (nSPS) is 10.9. The standard InChI is InChI=1S/C19H15Br2ClN6O2/c1-2-7-30-18-12(8-13(20)9-15(18)21)10-23-24-17(29)11-28-26-19(25-27-28)14-5-3-4-6-16(14)22/h2-6,8-10H,1,7,11H2,(H,24,29). The second-order valence-electron chi connectivity index (χ2n) is 5.82. The van der Waals surface area contributed by atoms with Gasteiger partial charge < -0.3 is 4.74 Å². The molecule has 1 amide bonds. The summed E-state index contributed by atoms with van der Waals surface area (Å²) in [5, 5.41) is 16.5. The molecule has 0 spiro atoms. The van der Waals surface area contributed by atoms with Crippen LogP contribution in [0.5, 0.6) is 5.75 Å². The van der Waals surface area contributed by atoms with Crippen molar-refractivity contribution >= 4 is 55.6 Å². The number of benzene rings is 2. The Labute approximate surface area is 194 Å². The van der Waals surface area contributed by atoms with Crippen molar-refractivity contribution in [1.82, 2.24) is 25.6 Å². The van der Waals surface area contributed by atoms with Crippen LogP contribution in [-0.2, 0) is 11.3 Å². The van der Waals surface area contributed by atoms with Gasteiger partial charge in [-0.3, -0.25) is 4.79 Å². The molecule has 0 aliphatic rings. The summed E-state index contributed by atoms with van der Waals surface area (Å²) in [6.45, 7) is 3.81. The van der Waals surface area contributed by atoms with Crippen molar-refractivity contribution in [2.45, 2.75) is 6.54 Å². The lowest BCUT2D eigenvalue weighted by atomic mass is 10.2. The molecule has 1 aromatic heterocycles. The van der Waals surface area contributed by atoms with Crippen molar-refractivity contribution in [1.29, 1.82) is 0 Å². The van der Waals surface area contributed by atoms with E-state index in [4.69, 9.17) is 16.3 Å². The molecule has 1 heterocycles. The fourth-order valence-corrected chi connectivity index (χ4v) is 3.96. The molecule has 30 heavy (non-hydrogen) atoms. The molecule has 11 heteroatoms. The molecule has 0 saturated carbocycles. The topological polar surface area (TPSA) is 94.3 Å². The smallest absolute Gasteiger partial charge is 0.263 e. The van der Waals surface area contributed by atoms with Crippen molar-refractivity contribution < 1.29 is 9.53 Å². The van der Waals surface area contributed by atoms with Gasteiger partial charge in [0.15, 0.2) is 0 Å². The van der Waals surface area contributed by atoms with E-state index in [0.29, 0.717) is 34.3 Å². The SMILES string of the molecule is C=CCOc1c(Br)cc(Br)cc1C=NNC(=O)Cn1nnc(-c2ccccc2Cl)n1. The highest BCUT2D eigenvalue weighted by atomic mass is 79.9. The fraction of sp³-hybridized carbons (Fsp3) is 0.105. The Kier molecular flexibility index (Phi) is 7.72. The molecule has 0 saturated heterocycles. The lowest BCUT2D eigenvalue weighted by Gasteiger charge is -2.10. The van der Waals surface area contributed by atoms with Crippen LogP contribution in [0.4, 0.5) is 0 Å². The number of hydrogen-bond donors (Lipinski definition) is 1. The van der Waals surface area contributed by atoms with Gasteiger partial charge in [0, 0.05) is 15.6 Å². The molecule has 154 valence electrons. The average molecular weight is 555 g/mol. The third-order valence-electron chi connectivity index (χ3n) is 3.63. The van der Waals surface area contributed by atoms with Crippen molar-refractivity contribution in [2.24, 2.45) is 5.10 Å². The second-order valence-corrected chi connectivity index (χ2v) is 8.00. The lowest BCUT2D eigenvalue weighted by Crippen LogP contribution is -2.24. The van der Waals surface area contributed by atoms with Crippen molar-refractivity contribution in [3.8, 4) is 17.1 Å². The van der Waals surface area contributed by atoms with Crippen LogP contribution in [0, 0.1) is 0 Å². The molecule has 1 N–H and O–H groups in total. The molecule has 8 nitrogen and oxygen atoms in total. The third-order valence-corrected chi connectivity index (χ3v) is 5.00. The first-order chi connectivity index (χ1) is 14.5. The maximum atomic E-state index is 12.2. The number of halogens is 3. The summed E-state index contributed by atoms with van der Waals surface area (Å²) >= 11 is 13.0. The molecule has 2 aromatic carbocycles. The number of hydrazone groups is 1. The first-order valence-electron chi connectivity index (χ1n) is 8.55. The number of amides is 1. The number of nitrogens with one attached hydrogen (secondary N) is 1. The number of tetrazole rings is 1. The van der Waals surface area contributed by atoms with Crippen molar-refractivity contribution in [3.05, 3.63) is 68.6 Å². The second kappa shape index (κ2) is 10.5. The summed E-state index contributed by atoms with van der Waals surface area (Å²) in [5.74, 6) is 0.496. The van der Waals surface area contributed by atoms with E-state index in [1.54, 1.807) is 24.3 Å². The van der Waals surface area contributed by atoms with E-state index >= 15 is 0 Å². The number of rotatable bonds is 8. The van der Waals surface area contributed by atoms with Gasteiger partial charge in [-0.2, -0.15) is 9.90 Å².